The predicted molar refractivity (Wildman–Crippen MR) is 106 cm³/mol. The van der Waals surface area contributed by atoms with E-state index < -0.39 is 30.6 Å². The molecule has 2 aromatic rings. The van der Waals surface area contributed by atoms with E-state index >= 15 is 0 Å². The second-order valence-corrected chi connectivity index (χ2v) is 7.34. The van der Waals surface area contributed by atoms with Gasteiger partial charge in [0.05, 0.1) is 6.04 Å². The van der Waals surface area contributed by atoms with Crippen LogP contribution in [0.3, 0.4) is 0 Å². The van der Waals surface area contributed by atoms with Gasteiger partial charge in [-0.2, -0.15) is 13.2 Å². The zero-order valence-electron chi connectivity index (χ0n) is 17.8. The number of aryl methyl sites for hydroxylation is 2. The van der Waals surface area contributed by atoms with E-state index in [0.29, 0.717) is 16.8 Å². The molecule has 0 radical (unpaired) electrons. The number of amides is 2. The zero-order valence-corrected chi connectivity index (χ0v) is 17.8. The third kappa shape index (κ3) is 7.19. The van der Waals surface area contributed by atoms with E-state index in [2.05, 4.69) is 30.3 Å². The highest BCUT2D eigenvalue weighted by molar-refractivity contribution is 5.95. The van der Waals surface area contributed by atoms with Crippen molar-refractivity contribution in [2.24, 2.45) is 0 Å². The Kier molecular flexibility index (Phi) is 7.53. The monoisotopic (exact) mass is 439 g/mol. The summed E-state index contributed by atoms with van der Waals surface area (Å²) in [5, 5.41) is 5.39. The van der Waals surface area contributed by atoms with Crippen LogP contribution < -0.4 is 15.4 Å². The number of aromatic nitrogens is 3. The fourth-order valence-corrected chi connectivity index (χ4v) is 2.59. The van der Waals surface area contributed by atoms with Gasteiger partial charge in [0.2, 0.25) is 11.7 Å². The number of nitrogens with one attached hydrogen (secondary N) is 2. The van der Waals surface area contributed by atoms with Crippen LogP contribution in [0.4, 0.5) is 13.2 Å². The first-order chi connectivity index (χ1) is 14.4. The second kappa shape index (κ2) is 9.71. The molecule has 0 saturated carbocycles. The first-order valence-electron chi connectivity index (χ1n) is 9.49. The van der Waals surface area contributed by atoms with Crippen LogP contribution in [0.1, 0.15) is 64.7 Å². The normalized spacial score (nSPS) is 12.4. The smallest absolute Gasteiger partial charge is 0.422 e. The van der Waals surface area contributed by atoms with E-state index in [1.165, 1.54) is 12.3 Å². The largest absolute Gasteiger partial charge is 0.468 e. The summed E-state index contributed by atoms with van der Waals surface area (Å²) in [6, 6.07) is 2.38. The minimum absolute atomic E-state index is 0.0167. The maximum Gasteiger partial charge on any atom is 0.422 e. The van der Waals surface area contributed by atoms with E-state index in [0.717, 1.165) is 0 Å². The Labute approximate surface area is 177 Å². The second-order valence-electron chi connectivity index (χ2n) is 7.34. The van der Waals surface area contributed by atoms with Gasteiger partial charge < -0.3 is 15.4 Å². The van der Waals surface area contributed by atoms with Gasteiger partial charge in [0.25, 0.3) is 11.8 Å². The van der Waals surface area contributed by atoms with E-state index in [1.54, 1.807) is 40.7 Å². The van der Waals surface area contributed by atoms with E-state index in [9.17, 15) is 22.8 Å². The lowest BCUT2D eigenvalue weighted by molar-refractivity contribution is -0.154. The maximum atomic E-state index is 12.6. The van der Waals surface area contributed by atoms with Crippen LogP contribution in [-0.4, -0.2) is 45.6 Å². The van der Waals surface area contributed by atoms with Crippen LogP contribution in [0.25, 0.3) is 0 Å². The Morgan fingerprint density at radius 1 is 1.06 bits per heavy atom. The number of carbonyl (C=O) groups excluding carboxylic acids is 2. The Morgan fingerprint density at radius 3 is 2.32 bits per heavy atom. The molecule has 2 rings (SSSR count). The van der Waals surface area contributed by atoms with Gasteiger partial charge in [0, 0.05) is 23.5 Å². The number of hydrogen-bond donors (Lipinski definition) is 2. The number of alkyl halides is 3. The van der Waals surface area contributed by atoms with Gasteiger partial charge in [-0.05, 0) is 52.3 Å². The Morgan fingerprint density at radius 2 is 1.74 bits per heavy atom. The molecule has 2 aromatic heterocycles. The van der Waals surface area contributed by atoms with Gasteiger partial charge >= 0.3 is 6.18 Å². The summed E-state index contributed by atoms with van der Waals surface area (Å²) >= 11 is 0. The fraction of sp³-hybridized carbons (Fsp3) is 0.450. The molecule has 2 N–H and O–H groups in total. The molecule has 11 heteroatoms. The third-order valence-electron chi connectivity index (χ3n) is 3.98. The van der Waals surface area contributed by atoms with Crippen LogP contribution >= 0.6 is 0 Å². The fourth-order valence-electron chi connectivity index (χ4n) is 2.59. The average molecular weight is 439 g/mol. The molecule has 31 heavy (non-hydrogen) atoms. The van der Waals surface area contributed by atoms with Crippen molar-refractivity contribution in [1.82, 2.24) is 25.6 Å². The van der Waals surface area contributed by atoms with Crippen molar-refractivity contribution in [2.45, 2.75) is 52.9 Å². The Hall–Kier alpha value is -3.24. The lowest BCUT2D eigenvalue weighted by Gasteiger charge is -2.16. The van der Waals surface area contributed by atoms with Crippen LogP contribution in [0.15, 0.2) is 18.3 Å². The molecule has 0 fully saturated rings. The summed E-state index contributed by atoms with van der Waals surface area (Å²) in [5.41, 5.74) is 1.43. The average Bonchev–Trinajstić information content (AvgIpc) is 2.65. The number of nitrogens with zero attached hydrogens (tertiary/aromatic N) is 3. The molecule has 2 heterocycles. The summed E-state index contributed by atoms with van der Waals surface area (Å²) in [4.78, 5) is 36.8. The van der Waals surface area contributed by atoms with Gasteiger partial charge in [0.1, 0.15) is 5.69 Å². The van der Waals surface area contributed by atoms with Crippen molar-refractivity contribution in [3.8, 4) is 5.88 Å². The van der Waals surface area contributed by atoms with Gasteiger partial charge in [-0.15, -0.1) is 0 Å². The first kappa shape index (κ1) is 24.0. The van der Waals surface area contributed by atoms with Crippen LogP contribution in [0.5, 0.6) is 5.88 Å². The molecule has 0 aliphatic carbocycles. The molecular formula is C20H24F3N5O3. The van der Waals surface area contributed by atoms with Crippen molar-refractivity contribution < 1.29 is 27.5 Å². The summed E-state index contributed by atoms with van der Waals surface area (Å²) in [7, 11) is 0. The van der Waals surface area contributed by atoms with Crippen molar-refractivity contribution in [3.63, 3.8) is 0 Å². The molecule has 0 aliphatic heterocycles. The molecular weight excluding hydrogens is 415 g/mol. The van der Waals surface area contributed by atoms with Gasteiger partial charge in [-0.3, -0.25) is 9.59 Å². The highest BCUT2D eigenvalue weighted by Crippen LogP contribution is 2.22. The molecule has 0 aromatic carbocycles. The highest BCUT2D eigenvalue weighted by atomic mass is 19.4. The number of hydrogen-bond acceptors (Lipinski definition) is 6. The van der Waals surface area contributed by atoms with E-state index in [4.69, 9.17) is 0 Å². The lowest BCUT2D eigenvalue weighted by atomic mass is 10.1. The molecule has 0 bridgehead atoms. The molecule has 1 atom stereocenters. The van der Waals surface area contributed by atoms with Crippen LogP contribution in [0, 0.1) is 13.8 Å². The summed E-state index contributed by atoms with van der Waals surface area (Å²) < 4.78 is 41.6. The van der Waals surface area contributed by atoms with Crippen molar-refractivity contribution in [3.05, 3.63) is 46.7 Å². The molecule has 8 nitrogen and oxygen atoms in total. The third-order valence-corrected chi connectivity index (χ3v) is 3.98. The zero-order chi connectivity index (χ0) is 23.3. The first-order valence-corrected chi connectivity index (χ1v) is 9.49. The number of halogens is 3. The number of carbonyl (C=O) groups is 2. The molecule has 168 valence electrons. The minimum Gasteiger partial charge on any atom is -0.468 e. The molecule has 0 saturated heterocycles. The Bertz CT molecular complexity index is 964. The summed E-state index contributed by atoms with van der Waals surface area (Å²) in [5.74, 6) is -1.27. The van der Waals surface area contributed by atoms with Gasteiger partial charge in [0.15, 0.2) is 6.61 Å². The lowest BCUT2D eigenvalue weighted by Crippen LogP contribution is -2.33. The van der Waals surface area contributed by atoms with E-state index in [1.807, 2.05) is 0 Å². The molecule has 2 amide bonds. The SMILES string of the molecule is Cc1cc(C(=O)NC(C)c2cnc(OCC(F)(F)F)c(C)c2)nc(C(=O)NC(C)C)n1. The number of rotatable bonds is 7. The Balaban J connectivity index is 2.12. The van der Waals surface area contributed by atoms with Gasteiger partial charge in [-0.1, -0.05) is 0 Å². The number of pyridine rings is 1. The van der Waals surface area contributed by atoms with Crippen molar-refractivity contribution in [2.75, 3.05) is 6.61 Å². The quantitative estimate of drug-likeness (QED) is 0.687. The predicted octanol–water partition coefficient (Wildman–Crippen LogP) is 3.06. The standard InChI is InChI=1S/C20H24F3N5O3/c1-10(2)25-18(30)16-26-12(4)7-15(28-16)17(29)27-13(5)14-6-11(3)19(24-8-14)31-9-20(21,22)23/h6-8,10,13H,9H2,1-5H3,(H,25,30)(H,27,29). The topological polar surface area (TPSA) is 106 Å². The van der Waals surface area contributed by atoms with Crippen molar-refractivity contribution in [1.29, 1.82) is 0 Å². The summed E-state index contributed by atoms with van der Waals surface area (Å²) in [6.07, 6.45) is -3.13. The number of ether oxygens (including phenoxy) is 1. The summed E-state index contributed by atoms with van der Waals surface area (Å²) in [6.45, 7) is 7.03. The van der Waals surface area contributed by atoms with Crippen molar-refractivity contribution >= 4 is 11.8 Å². The molecule has 1 unspecified atom stereocenters. The highest BCUT2D eigenvalue weighted by Gasteiger charge is 2.29. The van der Waals surface area contributed by atoms with Gasteiger partial charge in [-0.25, -0.2) is 15.0 Å². The van der Waals surface area contributed by atoms with Crippen LogP contribution in [0.2, 0.25) is 0 Å². The van der Waals surface area contributed by atoms with E-state index in [-0.39, 0.29) is 23.4 Å². The minimum atomic E-state index is -4.46. The maximum absolute atomic E-state index is 12.6. The molecule has 0 aliphatic rings. The molecule has 0 spiro atoms. The van der Waals surface area contributed by atoms with Crippen LogP contribution in [-0.2, 0) is 0 Å².